The Kier molecular flexibility index (Phi) is 3.82. The quantitative estimate of drug-likeness (QED) is 0.840. The maximum Gasteiger partial charge on any atom is 0.166 e. The van der Waals surface area contributed by atoms with Crippen LogP contribution in [0.1, 0.15) is 28.8 Å². The summed E-state index contributed by atoms with van der Waals surface area (Å²) >= 11 is 0. The molecule has 0 saturated heterocycles. The molecule has 2 nitrogen and oxygen atoms in total. The Balaban J connectivity index is 1.64. The molecule has 0 aromatic heterocycles. The number of rotatable bonds is 4. The largest absolute Gasteiger partial charge is 0.370 e. The number of hydrogen-bond acceptors (Lipinski definition) is 2. The van der Waals surface area contributed by atoms with Gasteiger partial charge in [-0.1, -0.05) is 42.5 Å². The van der Waals surface area contributed by atoms with E-state index in [1.165, 1.54) is 5.56 Å². The molecule has 1 heterocycles. The van der Waals surface area contributed by atoms with E-state index >= 15 is 0 Å². The van der Waals surface area contributed by atoms with Crippen LogP contribution in [0.3, 0.4) is 0 Å². The van der Waals surface area contributed by atoms with Crippen LogP contribution in [0, 0.1) is 0 Å². The molecule has 0 bridgehead atoms. The second-order valence-corrected chi connectivity index (χ2v) is 5.27. The maximum atomic E-state index is 11.9. The summed E-state index contributed by atoms with van der Waals surface area (Å²) in [6, 6.07) is 18.5. The molecule has 0 radical (unpaired) electrons. The molecule has 2 aromatic carbocycles. The van der Waals surface area contributed by atoms with Crippen LogP contribution in [0.25, 0.3) is 0 Å². The second kappa shape index (κ2) is 5.91. The monoisotopic (exact) mass is 265 g/mol. The van der Waals surface area contributed by atoms with Crippen molar-refractivity contribution in [1.82, 2.24) is 0 Å². The lowest BCUT2D eigenvalue weighted by Crippen LogP contribution is -2.33. The van der Waals surface area contributed by atoms with Crippen LogP contribution in [-0.2, 0) is 6.42 Å². The van der Waals surface area contributed by atoms with Crippen LogP contribution in [0.2, 0.25) is 0 Å². The number of para-hydroxylation sites is 1. The minimum absolute atomic E-state index is 0.278. The van der Waals surface area contributed by atoms with Gasteiger partial charge in [-0.05, 0) is 30.5 Å². The molecule has 2 heteroatoms. The predicted octanol–water partition coefficient (Wildman–Crippen LogP) is 3.71. The van der Waals surface area contributed by atoms with Gasteiger partial charge < -0.3 is 4.90 Å². The summed E-state index contributed by atoms with van der Waals surface area (Å²) in [5.41, 5.74) is 3.38. The van der Waals surface area contributed by atoms with Crippen molar-refractivity contribution in [3.63, 3.8) is 0 Å². The standard InChI is InChI=1S/C18H19NO/c20-18-12-14-19(17-11-5-4-10-16(17)18)13-6-9-15-7-2-1-3-8-15/h1-5,7-8,10-11H,6,9,12-14H2. The summed E-state index contributed by atoms with van der Waals surface area (Å²) in [5.74, 6) is 0.278. The molecular formula is C18H19NO. The Labute approximate surface area is 120 Å². The molecule has 102 valence electrons. The Morgan fingerprint density at radius 1 is 0.950 bits per heavy atom. The fraction of sp³-hybridized carbons (Fsp3) is 0.278. The molecule has 1 aliphatic heterocycles. The first-order valence-electron chi connectivity index (χ1n) is 7.26. The number of carbonyl (C=O) groups is 1. The van der Waals surface area contributed by atoms with Gasteiger partial charge in [-0.15, -0.1) is 0 Å². The normalized spacial score (nSPS) is 14.2. The summed E-state index contributed by atoms with van der Waals surface area (Å²) in [6.45, 7) is 1.86. The van der Waals surface area contributed by atoms with Gasteiger partial charge in [0.2, 0.25) is 0 Å². The molecule has 3 rings (SSSR count). The molecule has 20 heavy (non-hydrogen) atoms. The molecule has 0 aliphatic carbocycles. The van der Waals surface area contributed by atoms with Crippen molar-refractivity contribution in [2.75, 3.05) is 18.0 Å². The summed E-state index contributed by atoms with van der Waals surface area (Å²) < 4.78 is 0. The van der Waals surface area contributed by atoms with Gasteiger partial charge in [0.15, 0.2) is 5.78 Å². The minimum atomic E-state index is 0.278. The number of nitrogens with zero attached hydrogens (tertiary/aromatic N) is 1. The lowest BCUT2D eigenvalue weighted by molar-refractivity contribution is 0.0980. The van der Waals surface area contributed by atoms with Crippen LogP contribution in [-0.4, -0.2) is 18.9 Å². The fourth-order valence-corrected chi connectivity index (χ4v) is 2.83. The molecule has 0 amide bonds. The van der Waals surface area contributed by atoms with Gasteiger partial charge >= 0.3 is 0 Å². The molecule has 0 saturated carbocycles. The Bertz CT molecular complexity index is 591. The van der Waals surface area contributed by atoms with E-state index in [1.54, 1.807) is 0 Å². The summed E-state index contributed by atoms with van der Waals surface area (Å²) in [4.78, 5) is 14.2. The number of benzene rings is 2. The van der Waals surface area contributed by atoms with Gasteiger partial charge in [-0.25, -0.2) is 0 Å². The molecule has 0 unspecified atom stereocenters. The van der Waals surface area contributed by atoms with Crippen molar-refractivity contribution in [1.29, 1.82) is 0 Å². The third kappa shape index (κ3) is 2.74. The number of hydrogen-bond donors (Lipinski definition) is 0. The van der Waals surface area contributed by atoms with Crippen molar-refractivity contribution >= 4 is 11.5 Å². The first-order valence-corrected chi connectivity index (χ1v) is 7.26. The van der Waals surface area contributed by atoms with Crippen LogP contribution in [0.5, 0.6) is 0 Å². The number of anilines is 1. The first-order chi connectivity index (χ1) is 9.84. The van der Waals surface area contributed by atoms with E-state index in [0.29, 0.717) is 6.42 Å². The highest BCUT2D eigenvalue weighted by Crippen LogP contribution is 2.26. The van der Waals surface area contributed by atoms with E-state index in [4.69, 9.17) is 0 Å². The van der Waals surface area contributed by atoms with Crippen molar-refractivity contribution in [3.05, 3.63) is 65.7 Å². The highest BCUT2D eigenvalue weighted by molar-refractivity contribution is 6.03. The molecule has 0 N–H and O–H groups in total. The zero-order valence-corrected chi connectivity index (χ0v) is 11.6. The number of aryl methyl sites for hydroxylation is 1. The number of ketones is 1. The second-order valence-electron chi connectivity index (χ2n) is 5.27. The SMILES string of the molecule is O=C1CCN(CCCc2ccccc2)c2ccccc21. The van der Waals surface area contributed by atoms with Crippen LogP contribution in [0.15, 0.2) is 54.6 Å². The van der Waals surface area contributed by atoms with Crippen LogP contribution >= 0.6 is 0 Å². The average Bonchev–Trinajstić information content (AvgIpc) is 2.51. The Hall–Kier alpha value is -2.09. The lowest BCUT2D eigenvalue weighted by Gasteiger charge is -2.30. The molecule has 2 aromatic rings. The summed E-state index contributed by atoms with van der Waals surface area (Å²) in [6.07, 6.45) is 2.85. The molecule has 1 aliphatic rings. The van der Waals surface area contributed by atoms with Gasteiger partial charge in [-0.2, -0.15) is 0 Å². The van der Waals surface area contributed by atoms with E-state index in [-0.39, 0.29) is 5.78 Å². The Morgan fingerprint density at radius 3 is 2.55 bits per heavy atom. The molecule has 0 spiro atoms. The molecule has 0 atom stereocenters. The summed E-state index contributed by atoms with van der Waals surface area (Å²) in [7, 11) is 0. The fourth-order valence-electron chi connectivity index (χ4n) is 2.83. The maximum absolute atomic E-state index is 11.9. The van der Waals surface area contributed by atoms with Crippen molar-refractivity contribution < 1.29 is 4.79 Å². The van der Waals surface area contributed by atoms with Crippen molar-refractivity contribution in [2.24, 2.45) is 0 Å². The topological polar surface area (TPSA) is 20.3 Å². The molecule has 0 fully saturated rings. The van der Waals surface area contributed by atoms with E-state index < -0.39 is 0 Å². The van der Waals surface area contributed by atoms with Crippen molar-refractivity contribution in [3.8, 4) is 0 Å². The lowest BCUT2D eigenvalue weighted by atomic mass is 10.00. The van der Waals surface area contributed by atoms with E-state index in [0.717, 1.165) is 37.2 Å². The third-order valence-corrected chi connectivity index (χ3v) is 3.89. The minimum Gasteiger partial charge on any atom is -0.370 e. The number of fused-ring (bicyclic) bond motifs is 1. The summed E-state index contributed by atoms with van der Waals surface area (Å²) in [5, 5.41) is 0. The van der Waals surface area contributed by atoms with E-state index in [9.17, 15) is 4.79 Å². The van der Waals surface area contributed by atoms with Gasteiger partial charge in [-0.3, -0.25) is 4.79 Å². The van der Waals surface area contributed by atoms with Crippen molar-refractivity contribution in [2.45, 2.75) is 19.3 Å². The van der Waals surface area contributed by atoms with E-state index in [2.05, 4.69) is 41.3 Å². The number of carbonyl (C=O) groups excluding carboxylic acids is 1. The van der Waals surface area contributed by atoms with Gasteiger partial charge in [0.25, 0.3) is 0 Å². The first kappa shape index (κ1) is 12.9. The average molecular weight is 265 g/mol. The predicted molar refractivity (Wildman–Crippen MR) is 82.4 cm³/mol. The van der Waals surface area contributed by atoms with Crippen LogP contribution < -0.4 is 4.90 Å². The third-order valence-electron chi connectivity index (χ3n) is 3.89. The van der Waals surface area contributed by atoms with Gasteiger partial charge in [0.1, 0.15) is 0 Å². The molecular weight excluding hydrogens is 246 g/mol. The number of Topliss-reactive ketones (excluding diaryl/α,β-unsaturated/α-hetero) is 1. The van der Waals surface area contributed by atoms with E-state index in [1.807, 2.05) is 18.2 Å². The highest BCUT2D eigenvalue weighted by Gasteiger charge is 2.21. The zero-order valence-electron chi connectivity index (χ0n) is 11.6. The van der Waals surface area contributed by atoms with Crippen LogP contribution in [0.4, 0.5) is 5.69 Å². The Morgan fingerprint density at radius 2 is 1.70 bits per heavy atom. The zero-order chi connectivity index (χ0) is 13.8. The van der Waals surface area contributed by atoms with Gasteiger partial charge in [0, 0.05) is 30.8 Å². The smallest absolute Gasteiger partial charge is 0.166 e. The van der Waals surface area contributed by atoms with Gasteiger partial charge in [0.05, 0.1) is 0 Å². The highest BCUT2D eigenvalue weighted by atomic mass is 16.1.